The van der Waals surface area contributed by atoms with Gasteiger partial charge in [-0.2, -0.15) is 0 Å². The van der Waals surface area contributed by atoms with Crippen LogP contribution in [0.15, 0.2) is 48.5 Å². The van der Waals surface area contributed by atoms with Crippen LogP contribution in [0.2, 0.25) is 0 Å². The van der Waals surface area contributed by atoms with E-state index in [9.17, 15) is 9.90 Å². The highest BCUT2D eigenvalue weighted by molar-refractivity contribution is 5.93. The number of nitrogens with zero attached hydrogens (tertiary/aromatic N) is 2. The van der Waals surface area contributed by atoms with Gasteiger partial charge in [0.2, 0.25) is 5.91 Å². The molecular formula is C18H19N3O3. The maximum Gasteiger partial charge on any atom is 0.244 e. The lowest BCUT2D eigenvalue weighted by atomic mass is 10.3. The summed E-state index contributed by atoms with van der Waals surface area (Å²) in [6, 6.07) is 14.8. The third-order valence-electron chi connectivity index (χ3n) is 3.64. The third-order valence-corrected chi connectivity index (χ3v) is 3.64. The first-order valence-electron chi connectivity index (χ1n) is 7.79. The number of imidazole rings is 1. The highest BCUT2D eigenvalue weighted by Crippen LogP contribution is 2.24. The van der Waals surface area contributed by atoms with Gasteiger partial charge in [-0.25, -0.2) is 4.98 Å². The van der Waals surface area contributed by atoms with Crippen molar-refractivity contribution in [2.75, 3.05) is 11.9 Å². The van der Waals surface area contributed by atoms with Gasteiger partial charge in [0.05, 0.1) is 23.3 Å². The molecule has 0 saturated carbocycles. The number of aliphatic hydroxyl groups excluding tert-OH is 1. The number of benzene rings is 2. The van der Waals surface area contributed by atoms with Crippen LogP contribution in [0.4, 0.5) is 5.69 Å². The topological polar surface area (TPSA) is 76.4 Å². The Morgan fingerprint density at radius 3 is 2.75 bits per heavy atom. The van der Waals surface area contributed by atoms with Crippen molar-refractivity contribution in [2.24, 2.45) is 0 Å². The minimum atomic E-state index is -0.225. The molecule has 2 N–H and O–H groups in total. The summed E-state index contributed by atoms with van der Waals surface area (Å²) in [5, 5.41) is 12.4. The van der Waals surface area contributed by atoms with E-state index in [1.165, 1.54) is 0 Å². The fourth-order valence-electron chi connectivity index (χ4n) is 2.61. The number of hydrogen-bond donors (Lipinski definition) is 2. The lowest BCUT2D eigenvalue weighted by molar-refractivity contribution is -0.116. The monoisotopic (exact) mass is 325 g/mol. The molecule has 3 rings (SSSR count). The summed E-state index contributed by atoms with van der Waals surface area (Å²) < 4.78 is 7.23. The second-order valence-corrected chi connectivity index (χ2v) is 5.24. The van der Waals surface area contributed by atoms with Gasteiger partial charge in [-0.1, -0.05) is 24.3 Å². The molecule has 0 aliphatic rings. The smallest absolute Gasteiger partial charge is 0.244 e. The minimum Gasteiger partial charge on any atom is -0.492 e. The predicted octanol–water partition coefficient (Wildman–Crippen LogP) is 2.57. The fraction of sp³-hybridized carbons (Fsp3) is 0.222. The van der Waals surface area contributed by atoms with E-state index in [0.29, 0.717) is 23.9 Å². The summed E-state index contributed by atoms with van der Waals surface area (Å²) in [7, 11) is 0. The first-order valence-corrected chi connectivity index (χ1v) is 7.79. The number of hydrogen-bond acceptors (Lipinski definition) is 4. The molecule has 0 aliphatic carbocycles. The molecule has 0 radical (unpaired) electrons. The zero-order valence-corrected chi connectivity index (χ0v) is 13.4. The fourth-order valence-corrected chi connectivity index (χ4v) is 2.61. The normalized spacial score (nSPS) is 10.8. The summed E-state index contributed by atoms with van der Waals surface area (Å²) in [4.78, 5) is 16.8. The molecule has 0 spiro atoms. The second kappa shape index (κ2) is 7.14. The number of fused-ring (bicyclic) bond motifs is 1. The Labute approximate surface area is 139 Å². The summed E-state index contributed by atoms with van der Waals surface area (Å²) in [5.74, 6) is 0.885. The van der Waals surface area contributed by atoms with E-state index >= 15 is 0 Å². The molecular weight excluding hydrogens is 306 g/mol. The van der Waals surface area contributed by atoms with Crippen LogP contribution < -0.4 is 10.1 Å². The van der Waals surface area contributed by atoms with Crippen molar-refractivity contribution >= 4 is 22.6 Å². The Bertz CT molecular complexity index is 858. The van der Waals surface area contributed by atoms with Crippen molar-refractivity contribution in [3.05, 3.63) is 54.4 Å². The molecule has 0 unspecified atom stereocenters. The van der Waals surface area contributed by atoms with Crippen LogP contribution in [0.1, 0.15) is 12.7 Å². The number of aliphatic hydroxyl groups is 1. The zero-order valence-electron chi connectivity index (χ0n) is 13.4. The summed E-state index contributed by atoms with van der Waals surface area (Å²) >= 11 is 0. The molecule has 0 fully saturated rings. The number of para-hydroxylation sites is 4. The quantitative estimate of drug-likeness (QED) is 0.730. The Balaban J connectivity index is 1.83. The molecule has 0 aliphatic heterocycles. The van der Waals surface area contributed by atoms with Gasteiger partial charge in [0.1, 0.15) is 24.7 Å². The molecule has 2 aromatic carbocycles. The molecule has 124 valence electrons. The first-order chi connectivity index (χ1) is 11.7. The van der Waals surface area contributed by atoms with Crippen LogP contribution in [0.5, 0.6) is 5.75 Å². The molecule has 1 aromatic heterocycles. The van der Waals surface area contributed by atoms with E-state index in [-0.39, 0.29) is 19.1 Å². The van der Waals surface area contributed by atoms with Gasteiger partial charge in [-0.15, -0.1) is 0 Å². The van der Waals surface area contributed by atoms with Crippen molar-refractivity contribution in [3.63, 3.8) is 0 Å². The Kier molecular flexibility index (Phi) is 4.77. The van der Waals surface area contributed by atoms with Crippen molar-refractivity contribution in [1.29, 1.82) is 0 Å². The van der Waals surface area contributed by atoms with Gasteiger partial charge in [0, 0.05) is 0 Å². The van der Waals surface area contributed by atoms with Crippen LogP contribution in [0.3, 0.4) is 0 Å². The van der Waals surface area contributed by atoms with E-state index in [1.54, 1.807) is 10.6 Å². The number of carbonyl (C=O) groups excluding carboxylic acids is 1. The number of carbonyl (C=O) groups is 1. The average molecular weight is 325 g/mol. The van der Waals surface area contributed by atoms with Gasteiger partial charge in [-0.05, 0) is 31.2 Å². The summed E-state index contributed by atoms with van der Waals surface area (Å²) in [5.41, 5.74) is 2.19. The average Bonchev–Trinajstić information content (AvgIpc) is 2.95. The molecule has 3 aromatic rings. The third kappa shape index (κ3) is 3.23. The number of rotatable bonds is 6. The first kappa shape index (κ1) is 16.0. The molecule has 0 atom stereocenters. The van der Waals surface area contributed by atoms with Crippen molar-refractivity contribution in [2.45, 2.75) is 20.1 Å². The predicted molar refractivity (Wildman–Crippen MR) is 91.9 cm³/mol. The van der Waals surface area contributed by atoms with Gasteiger partial charge in [-0.3, -0.25) is 4.79 Å². The number of amides is 1. The Morgan fingerprint density at radius 1 is 1.21 bits per heavy atom. The van der Waals surface area contributed by atoms with Gasteiger partial charge in [0.15, 0.2) is 0 Å². The molecule has 0 saturated heterocycles. The molecule has 6 heteroatoms. The van der Waals surface area contributed by atoms with Crippen LogP contribution in [-0.4, -0.2) is 27.2 Å². The number of ether oxygens (including phenoxy) is 1. The summed E-state index contributed by atoms with van der Waals surface area (Å²) in [6.07, 6.45) is 0. The van der Waals surface area contributed by atoms with Crippen molar-refractivity contribution < 1.29 is 14.6 Å². The molecule has 1 heterocycles. The van der Waals surface area contributed by atoms with Crippen molar-refractivity contribution in [3.8, 4) is 5.75 Å². The van der Waals surface area contributed by atoms with Gasteiger partial charge in [0.25, 0.3) is 0 Å². The Morgan fingerprint density at radius 2 is 1.96 bits per heavy atom. The van der Waals surface area contributed by atoms with Crippen LogP contribution >= 0.6 is 0 Å². The molecule has 1 amide bonds. The number of nitrogens with one attached hydrogen (secondary N) is 1. The summed E-state index contributed by atoms with van der Waals surface area (Å²) in [6.45, 7) is 2.26. The van der Waals surface area contributed by atoms with E-state index in [0.717, 1.165) is 11.0 Å². The highest BCUT2D eigenvalue weighted by atomic mass is 16.5. The molecule has 6 nitrogen and oxygen atoms in total. The van der Waals surface area contributed by atoms with Crippen LogP contribution in [-0.2, 0) is 17.9 Å². The van der Waals surface area contributed by atoms with Crippen LogP contribution in [0.25, 0.3) is 11.0 Å². The standard InChI is InChI=1S/C18H19N3O3/c1-2-24-16-10-6-4-8-14(16)20-18(23)11-21-15-9-5-3-7-13(15)19-17(21)12-22/h3-10,22H,2,11-12H2,1H3,(H,20,23). The maximum absolute atomic E-state index is 12.5. The number of anilines is 1. The van der Waals surface area contributed by atoms with E-state index < -0.39 is 0 Å². The van der Waals surface area contributed by atoms with Gasteiger partial charge < -0.3 is 19.7 Å². The highest BCUT2D eigenvalue weighted by Gasteiger charge is 2.14. The van der Waals surface area contributed by atoms with Crippen LogP contribution in [0, 0.1) is 0 Å². The SMILES string of the molecule is CCOc1ccccc1NC(=O)Cn1c(CO)nc2ccccc21. The molecule has 24 heavy (non-hydrogen) atoms. The van der Waals surface area contributed by atoms with Crippen molar-refractivity contribution in [1.82, 2.24) is 9.55 Å². The lowest BCUT2D eigenvalue weighted by Gasteiger charge is -2.12. The number of aromatic nitrogens is 2. The lowest BCUT2D eigenvalue weighted by Crippen LogP contribution is -2.20. The maximum atomic E-state index is 12.5. The minimum absolute atomic E-state index is 0.0663. The van der Waals surface area contributed by atoms with E-state index in [1.807, 2.05) is 49.4 Å². The van der Waals surface area contributed by atoms with E-state index in [4.69, 9.17) is 4.74 Å². The molecule has 0 bridgehead atoms. The van der Waals surface area contributed by atoms with E-state index in [2.05, 4.69) is 10.3 Å². The van der Waals surface area contributed by atoms with Gasteiger partial charge >= 0.3 is 0 Å². The Hall–Kier alpha value is -2.86. The zero-order chi connectivity index (χ0) is 16.9. The largest absolute Gasteiger partial charge is 0.492 e. The second-order valence-electron chi connectivity index (χ2n) is 5.24.